The summed E-state index contributed by atoms with van der Waals surface area (Å²) < 4.78 is 21.6. The van der Waals surface area contributed by atoms with Crippen LogP contribution in [0.5, 0.6) is 5.75 Å². The van der Waals surface area contributed by atoms with Crippen molar-refractivity contribution in [3.05, 3.63) is 71.8 Å². The smallest absolute Gasteiger partial charge is 0.231 e. The Kier molecular flexibility index (Phi) is 5.56. The zero-order valence-electron chi connectivity index (χ0n) is 18.4. The Hall–Kier alpha value is -4.08. The molecule has 2 aliphatic rings. The number of anilines is 1. The highest BCUT2D eigenvalue weighted by atomic mass is 19.1. The fourth-order valence-electron chi connectivity index (χ4n) is 4.41. The van der Waals surface area contributed by atoms with Gasteiger partial charge in [-0.15, -0.1) is 0 Å². The molecule has 9 nitrogen and oxygen atoms in total. The second kappa shape index (κ2) is 8.69. The summed E-state index contributed by atoms with van der Waals surface area (Å²) in [5, 5.41) is 2.46. The molecule has 4 heterocycles. The van der Waals surface area contributed by atoms with Gasteiger partial charge in [0.1, 0.15) is 29.2 Å². The Balaban J connectivity index is 1.60. The lowest BCUT2D eigenvalue weighted by molar-refractivity contribution is -0.127. The molecule has 10 heteroatoms. The first-order valence-electron chi connectivity index (χ1n) is 10.9. The molecule has 0 radical (unpaired) electrons. The fourth-order valence-corrected chi connectivity index (χ4v) is 4.41. The number of ether oxygens (including phenoxy) is 1. The lowest BCUT2D eigenvalue weighted by atomic mass is 9.96. The maximum absolute atomic E-state index is 13.4. The van der Waals surface area contributed by atoms with E-state index in [-0.39, 0.29) is 30.4 Å². The summed E-state index contributed by atoms with van der Waals surface area (Å²) >= 11 is 0. The van der Waals surface area contributed by atoms with E-state index in [2.05, 4.69) is 15.3 Å². The van der Waals surface area contributed by atoms with Crippen molar-refractivity contribution in [3.8, 4) is 5.75 Å². The Morgan fingerprint density at radius 2 is 2.06 bits per heavy atom. The normalized spacial score (nSPS) is 19.3. The number of halogens is 1. The Morgan fingerprint density at radius 3 is 2.76 bits per heavy atom. The van der Waals surface area contributed by atoms with Crippen LogP contribution in [0.25, 0.3) is 0 Å². The molecule has 34 heavy (non-hydrogen) atoms. The van der Waals surface area contributed by atoms with Gasteiger partial charge in [0.15, 0.2) is 11.5 Å². The number of benzene rings is 1. The first-order valence-corrected chi connectivity index (χ1v) is 10.9. The summed E-state index contributed by atoms with van der Waals surface area (Å²) in [4.78, 5) is 48.9. The largest absolute Gasteiger partial charge is 0.484 e. The van der Waals surface area contributed by atoms with Crippen LogP contribution in [0.15, 0.2) is 49.2 Å². The number of hydrogen-bond donors (Lipinski definition) is 1. The van der Waals surface area contributed by atoms with Crippen LogP contribution in [-0.4, -0.2) is 51.8 Å². The standard InChI is InChI=1S/C24H22FN5O4/c1-26-24(33)18-9-19(31)30-12-17(11-29-7-6-27-13-29)34-23-15(8-14-2-4-16(25)5-3-14)10-28-20(21(23)30)22(18)32/h2-7,10,13,17-18H,8-9,11-12H2,1H3,(H,26,33). The van der Waals surface area contributed by atoms with Crippen molar-refractivity contribution in [2.75, 3.05) is 18.5 Å². The summed E-state index contributed by atoms with van der Waals surface area (Å²) in [5.41, 5.74) is 1.81. The predicted octanol–water partition coefficient (Wildman–Crippen LogP) is 1.75. The van der Waals surface area contributed by atoms with Crippen LogP contribution in [-0.2, 0) is 22.6 Å². The average Bonchev–Trinajstić information content (AvgIpc) is 3.32. The van der Waals surface area contributed by atoms with Crippen molar-refractivity contribution >= 4 is 23.3 Å². The van der Waals surface area contributed by atoms with E-state index in [9.17, 15) is 18.8 Å². The van der Waals surface area contributed by atoms with Gasteiger partial charge in [0.05, 0.1) is 19.4 Å². The summed E-state index contributed by atoms with van der Waals surface area (Å²) in [6.07, 6.45) is 6.34. The van der Waals surface area contributed by atoms with Gasteiger partial charge in [0.2, 0.25) is 11.8 Å². The van der Waals surface area contributed by atoms with E-state index in [1.807, 2.05) is 4.57 Å². The van der Waals surface area contributed by atoms with Gasteiger partial charge < -0.3 is 19.5 Å². The van der Waals surface area contributed by atoms with Crippen LogP contribution in [0, 0.1) is 11.7 Å². The molecule has 2 amide bonds. The third-order valence-corrected chi connectivity index (χ3v) is 6.10. The minimum Gasteiger partial charge on any atom is -0.484 e. The number of amides is 2. The molecule has 0 bridgehead atoms. The molecule has 2 aromatic heterocycles. The number of hydrogen-bond acceptors (Lipinski definition) is 6. The van der Waals surface area contributed by atoms with E-state index >= 15 is 0 Å². The number of ketones is 1. The van der Waals surface area contributed by atoms with Gasteiger partial charge >= 0.3 is 0 Å². The van der Waals surface area contributed by atoms with Gasteiger partial charge in [-0.25, -0.2) is 9.37 Å². The van der Waals surface area contributed by atoms with Crippen molar-refractivity contribution in [1.29, 1.82) is 0 Å². The zero-order chi connectivity index (χ0) is 23.8. The molecule has 3 aromatic rings. The first kappa shape index (κ1) is 21.7. The van der Waals surface area contributed by atoms with Gasteiger partial charge in [-0.1, -0.05) is 12.1 Å². The minimum absolute atomic E-state index is 0.0402. The number of aromatic nitrogens is 3. The van der Waals surface area contributed by atoms with Crippen LogP contribution in [0.2, 0.25) is 0 Å². The lowest BCUT2D eigenvalue weighted by Crippen LogP contribution is -2.46. The van der Waals surface area contributed by atoms with Gasteiger partial charge in [0, 0.05) is 44.0 Å². The number of nitrogens with one attached hydrogen (secondary N) is 1. The van der Waals surface area contributed by atoms with Crippen LogP contribution in [0.4, 0.5) is 10.1 Å². The Labute approximate surface area is 194 Å². The summed E-state index contributed by atoms with van der Waals surface area (Å²) in [5.74, 6) is -2.51. The van der Waals surface area contributed by atoms with Crippen molar-refractivity contribution < 1.29 is 23.5 Å². The topological polar surface area (TPSA) is 106 Å². The molecular weight excluding hydrogens is 441 g/mol. The number of Topliss-reactive ketones (excluding diaryl/α,β-unsaturated/α-hetero) is 1. The molecule has 1 aromatic carbocycles. The van der Waals surface area contributed by atoms with Gasteiger partial charge in [-0.2, -0.15) is 0 Å². The van der Waals surface area contributed by atoms with Crippen molar-refractivity contribution in [2.24, 2.45) is 5.92 Å². The predicted molar refractivity (Wildman–Crippen MR) is 119 cm³/mol. The van der Waals surface area contributed by atoms with Gasteiger partial charge in [0.25, 0.3) is 0 Å². The number of carbonyl (C=O) groups is 3. The Bertz CT molecular complexity index is 1260. The van der Waals surface area contributed by atoms with E-state index in [0.717, 1.165) is 5.56 Å². The monoisotopic (exact) mass is 463 g/mol. The summed E-state index contributed by atoms with van der Waals surface area (Å²) in [6.45, 7) is 0.635. The number of imidazole rings is 1. The second-order valence-electron chi connectivity index (χ2n) is 8.35. The maximum atomic E-state index is 13.4. The molecule has 174 valence electrons. The second-order valence-corrected chi connectivity index (χ2v) is 8.35. The van der Waals surface area contributed by atoms with Gasteiger partial charge in [-0.05, 0) is 17.7 Å². The summed E-state index contributed by atoms with van der Waals surface area (Å²) in [6, 6.07) is 6.06. The molecular formula is C24H22FN5O4. The summed E-state index contributed by atoms with van der Waals surface area (Å²) in [7, 11) is 1.43. The van der Waals surface area contributed by atoms with Crippen molar-refractivity contribution in [2.45, 2.75) is 25.5 Å². The average molecular weight is 463 g/mol. The lowest BCUT2D eigenvalue weighted by Gasteiger charge is -2.36. The SMILES string of the molecule is CNC(=O)C1CC(=O)N2CC(Cn3ccnc3)Oc3c(Cc4ccc(F)cc4)cnc(c32)C1=O. The van der Waals surface area contributed by atoms with E-state index in [4.69, 9.17) is 4.74 Å². The molecule has 0 saturated heterocycles. The fraction of sp³-hybridized carbons (Fsp3) is 0.292. The van der Waals surface area contributed by atoms with Crippen LogP contribution in [0.1, 0.15) is 28.0 Å². The van der Waals surface area contributed by atoms with E-state index in [1.54, 1.807) is 30.9 Å². The van der Waals surface area contributed by atoms with Crippen LogP contribution < -0.4 is 15.0 Å². The van der Waals surface area contributed by atoms with Gasteiger partial charge in [-0.3, -0.25) is 19.4 Å². The molecule has 2 aliphatic heterocycles. The maximum Gasteiger partial charge on any atom is 0.231 e. The van der Waals surface area contributed by atoms with Crippen molar-refractivity contribution in [3.63, 3.8) is 0 Å². The number of carbonyl (C=O) groups excluding carboxylic acids is 3. The highest BCUT2D eigenvalue weighted by Gasteiger charge is 2.43. The molecule has 5 rings (SSSR count). The third-order valence-electron chi connectivity index (χ3n) is 6.10. The van der Waals surface area contributed by atoms with Crippen molar-refractivity contribution in [1.82, 2.24) is 19.9 Å². The first-order chi connectivity index (χ1) is 16.4. The van der Waals surface area contributed by atoms with E-state index < -0.39 is 23.7 Å². The zero-order valence-corrected chi connectivity index (χ0v) is 18.4. The number of pyridine rings is 1. The molecule has 0 aliphatic carbocycles. The third kappa shape index (κ3) is 3.91. The van der Waals surface area contributed by atoms with E-state index in [0.29, 0.717) is 30.0 Å². The minimum atomic E-state index is -1.16. The Morgan fingerprint density at radius 1 is 1.26 bits per heavy atom. The molecule has 2 unspecified atom stereocenters. The molecule has 0 fully saturated rings. The number of nitrogens with zero attached hydrogens (tertiary/aromatic N) is 4. The quantitative estimate of drug-likeness (QED) is 0.578. The molecule has 2 atom stereocenters. The van der Waals surface area contributed by atoms with E-state index in [1.165, 1.54) is 30.3 Å². The number of rotatable bonds is 5. The van der Waals surface area contributed by atoms with Crippen LogP contribution >= 0.6 is 0 Å². The molecule has 1 N–H and O–H groups in total. The highest BCUT2D eigenvalue weighted by Crippen LogP contribution is 2.43. The molecule has 0 spiro atoms. The van der Waals surface area contributed by atoms with Crippen LogP contribution in [0.3, 0.4) is 0 Å². The molecule has 0 saturated carbocycles. The highest BCUT2D eigenvalue weighted by molar-refractivity contribution is 6.18.